The smallest absolute Gasteiger partial charge is 0.137 e. The molecule has 0 saturated heterocycles. The quantitative estimate of drug-likeness (QED) is 0.439. The summed E-state index contributed by atoms with van der Waals surface area (Å²) < 4.78 is 45.4. The normalized spacial score (nSPS) is 15.9. The Kier molecular flexibility index (Phi) is 5.72. The van der Waals surface area contributed by atoms with Crippen LogP contribution in [-0.4, -0.2) is 41.8 Å². The SMILES string of the molecule is CC(C(Cn1cncn1)c1ccc(F)cc1F)N1CCn2cc(-c3ccc(F)cc3)nc2C1. The van der Waals surface area contributed by atoms with Gasteiger partial charge in [-0.05, 0) is 42.8 Å². The molecule has 0 fully saturated rings. The van der Waals surface area contributed by atoms with E-state index >= 15 is 0 Å². The largest absolute Gasteiger partial charge is 0.332 e. The van der Waals surface area contributed by atoms with E-state index < -0.39 is 11.6 Å². The van der Waals surface area contributed by atoms with Crippen molar-refractivity contribution in [2.75, 3.05) is 6.54 Å². The summed E-state index contributed by atoms with van der Waals surface area (Å²) >= 11 is 0. The van der Waals surface area contributed by atoms with E-state index in [1.807, 2.05) is 13.1 Å². The van der Waals surface area contributed by atoms with E-state index in [1.54, 1.807) is 23.1 Å². The average Bonchev–Trinajstić information content (AvgIpc) is 3.47. The molecule has 2 unspecified atom stereocenters. The molecule has 6 nitrogen and oxygen atoms in total. The third kappa shape index (κ3) is 4.41. The standard InChI is InChI=1S/C24H23F3N6/c1-16(21(11-33-15-28-14-29-33)20-7-6-19(26)10-22(20)27)31-8-9-32-12-23(30-24(32)13-31)17-2-4-18(25)5-3-17/h2-7,10,12,14-16,21H,8-9,11,13H2,1H3. The van der Waals surface area contributed by atoms with Gasteiger partial charge < -0.3 is 4.57 Å². The summed E-state index contributed by atoms with van der Waals surface area (Å²) in [6, 6.07) is 9.94. The fraction of sp³-hybridized carbons (Fsp3) is 0.292. The van der Waals surface area contributed by atoms with Crippen molar-refractivity contribution in [2.45, 2.75) is 38.5 Å². The van der Waals surface area contributed by atoms with Crippen molar-refractivity contribution >= 4 is 0 Å². The third-order valence-electron chi connectivity index (χ3n) is 6.34. The molecule has 0 bridgehead atoms. The van der Waals surface area contributed by atoms with Crippen LogP contribution in [0.3, 0.4) is 0 Å². The van der Waals surface area contributed by atoms with E-state index in [0.717, 1.165) is 36.2 Å². The number of hydrogen-bond acceptors (Lipinski definition) is 4. The molecule has 170 valence electrons. The maximum absolute atomic E-state index is 14.8. The number of hydrogen-bond donors (Lipinski definition) is 0. The Labute approximate surface area is 189 Å². The summed E-state index contributed by atoms with van der Waals surface area (Å²) in [7, 11) is 0. The lowest BCUT2D eigenvalue weighted by molar-refractivity contribution is 0.134. The minimum atomic E-state index is -0.600. The maximum atomic E-state index is 14.8. The van der Waals surface area contributed by atoms with Crippen LogP contribution in [0.4, 0.5) is 13.2 Å². The van der Waals surface area contributed by atoms with Gasteiger partial charge in [0.15, 0.2) is 0 Å². The summed E-state index contributed by atoms with van der Waals surface area (Å²) in [6.45, 7) is 4.53. The monoisotopic (exact) mass is 452 g/mol. The second-order valence-electron chi connectivity index (χ2n) is 8.34. The topological polar surface area (TPSA) is 51.8 Å². The van der Waals surface area contributed by atoms with Crippen molar-refractivity contribution in [3.05, 3.63) is 90.2 Å². The Morgan fingerprint density at radius 2 is 1.79 bits per heavy atom. The molecule has 2 atom stereocenters. The van der Waals surface area contributed by atoms with Gasteiger partial charge in [-0.2, -0.15) is 5.10 Å². The van der Waals surface area contributed by atoms with Crippen LogP contribution < -0.4 is 0 Å². The van der Waals surface area contributed by atoms with Crippen molar-refractivity contribution in [1.29, 1.82) is 0 Å². The molecule has 0 amide bonds. The van der Waals surface area contributed by atoms with Crippen LogP contribution >= 0.6 is 0 Å². The lowest BCUT2D eigenvalue weighted by atomic mass is 9.90. The van der Waals surface area contributed by atoms with Crippen molar-refractivity contribution in [3.8, 4) is 11.3 Å². The first-order valence-electron chi connectivity index (χ1n) is 10.8. The second-order valence-corrected chi connectivity index (χ2v) is 8.34. The molecule has 0 aliphatic carbocycles. The Hall–Kier alpha value is -3.46. The molecular weight excluding hydrogens is 429 g/mol. The highest BCUT2D eigenvalue weighted by Gasteiger charge is 2.31. The van der Waals surface area contributed by atoms with Crippen molar-refractivity contribution in [1.82, 2.24) is 29.2 Å². The van der Waals surface area contributed by atoms with Gasteiger partial charge in [-0.25, -0.2) is 23.1 Å². The lowest BCUT2D eigenvalue weighted by Crippen LogP contribution is -2.43. The van der Waals surface area contributed by atoms with Crippen LogP contribution in [0.2, 0.25) is 0 Å². The van der Waals surface area contributed by atoms with Crippen LogP contribution in [0.5, 0.6) is 0 Å². The molecule has 4 aromatic rings. The number of nitrogens with zero attached hydrogens (tertiary/aromatic N) is 6. The second kappa shape index (κ2) is 8.82. The van der Waals surface area contributed by atoms with Crippen LogP contribution in [0, 0.1) is 17.5 Å². The molecule has 0 N–H and O–H groups in total. The van der Waals surface area contributed by atoms with E-state index in [4.69, 9.17) is 4.98 Å². The van der Waals surface area contributed by atoms with Crippen LogP contribution in [0.15, 0.2) is 61.3 Å². The molecule has 3 heterocycles. The van der Waals surface area contributed by atoms with E-state index in [-0.39, 0.29) is 17.8 Å². The molecule has 33 heavy (non-hydrogen) atoms. The minimum absolute atomic E-state index is 0.0751. The number of rotatable bonds is 6. The third-order valence-corrected chi connectivity index (χ3v) is 6.34. The number of fused-ring (bicyclic) bond motifs is 1. The molecular formula is C24H23F3N6. The van der Waals surface area contributed by atoms with Gasteiger partial charge in [0, 0.05) is 42.9 Å². The average molecular weight is 452 g/mol. The number of aromatic nitrogens is 5. The summed E-state index contributed by atoms with van der Waals surface area (Å²) in [4.78, 5) is 11.0. The molecule has 0 saturated carbocycles. The summed E-state index contributed by atoms with van der Waals surface area (Å²) in [6.07, 6.45) is 5.02. The van der Waals surface area contributed by atoms with Gasteiger partial charge in [-0.1, -0.05) is 6.07 Å². The summed E-state index contributed by atoms with van der Waals surface area (Å²) in [5.41, 5.74) is 2.10. The van der Waals surface area contributed by atoms with Crippen LogP contribution in [0.1, 0.15) is 24.2 Å². The Balaban J connectivity index is 1.41. The summed E-state index contributed by atoms with van der Waals surface area (Å²) in [5.74, 6) is -0.827. The lowest BCUT2D eigenvalue weighted by Gasteiger charge is -2.37. The first-order valence-corrected chi connectivity index (χ1v) is 10.8. The van der Waals surface area contributed by atoms with Crippen molar-refractivity contribution < 1.29 is 13.2 Å². The van der Waals surface area contributed by atoms with E-state index in [9.17, 15) is 13.2 Å². The fourth-order valence-electron chi connectivity index (χ4n) is 4.47. The highest BCUT2D eigenvalue weighted by molar-refractivity contribution is 5.58. The predicted octanol–water partition coefficient (Wildman–Crippen LogP) is 4.25. The first kappa shape index (κ1) is 21.4. The minimum Gasteiger partial charge on any atom is -0.332 e. The maximum Gasteiger partial charge on any atom is 0.137 e. The molecule has 2 aromatic heterocycles. The van der Waals surface area contributed by atoms with E-state index in [2.05, 4.69) is 19.5 Å². The Morgan fingerprint density at radius 1 is 1.00 bits per heavy atom. The van der Waals surface area contributed by atoms with E-state index in [1.165, 1.54) is 30.6 Å². The fourth-order valence-corrected chi connectivity index (χ4v) is 4.47. The zero-order valence-corrected chi connectivity index (χ0v) is 18.1. The highest BCUT2D eigenvalue weighted by Crippen LogP contribution is 2.31. The van der Waals surface area contributed by atoms with Crippen LogP contribution in [-0.2, 0) is 19.6 Å². The zero-order chi connectivity index (χ0) is 22.9. The van der Waals surface area contributed by atoms with Gasteiger partial charge in [-0.3, -0.25) is 9.58 Å². The molecule has 0 radical (unpaired) electrons. The highest BCUT2D eigenvalue weighted by atomic mass is 19.1. The van der Waals surface area contributed by atoms with Gasteiger partial charge in [0.25, 0.3) is 0 Å². The van der Waals surface area contributed by atoms with Gasteiger partial charge in [-0.15, -0.1) is 0 Å². The number of imidazole rings is 1. The molecule has 1 aliphatic heterocycles. The van der Waals surface area contributed by atoms with Crippen molar-refractivity contribution in [3.63, 3.8) is 0 Å². The van der Waals surface area contributed by atoms with Gasteiger partial charge >= 0.3 is 0 Å². The van der Waals surface area contributed by atoms with Gasteiger partial charge in [0.1, 0.15) is 35.9 Å². The molecule has 2 aromatic carbocycles. The predicted molar refractivity (Wildman–Crippen MR) is 117 cm³/mol. The molecule has 0 spiro atoms. The van der Waals surface area contributed by atoms with Gasteiger partial charge in [0.05, 0.1) is 18.8 Å². The molecule has 5 rings (SSSR count). The Bertz CT molecular complexity index is 1240. The number of halogens is 3. The zero-order valence-electron chi connectivity index (χ0n) is 18.1. The number of benzene rings is 2. The molecule has 9 heteroatoms. The van der Waals surface area contributed by atoms with Crippen molar-refractivity contribution in [2.24, 2.45) is 0 Å². The van der Waals surface area contributed by atoms with Gasteiger partial charge in [0.2, 0.25) is 0 Å². The van der Waals surface area contributed by atoms with E-state index in [0.29, 0.717) is 18.7 Å². The van der Waals surface area contributed by atoms with Crippen LogP contribution in [0.25, 0.3) is 11.3 Å². The first-order chi connectivity index (χ1) is 16.0. The molecule has 1 aliphatic rings. The Morgan fingerprint density at radius 3 is 2.52 bits per heavy atom. The summed E-state index contributed by atoms with van der Waals surface area (Å²) in [5, 5.41) is 4.18.